The molecule has 3 N–H and O–H groups in total. The van der Waals surface area contributed by atoms with E-state index >= 15 is 0 Å². The van der Waals surface area contributed by atoms with Gasteiger partial charge in [-0.2, -0.15) is 13.2 Å². The minimum atomic E-state index is -4.42. The van der Waals surface area contributed by atoms with E-state index in [1.165, 1.54) is 6.07 Å². The highest BCUT2D eigenvalue weighted by molar-refractivity contribution is 5.91. The van der Waals surface area contributed by atoms with Crippen LogP contribution in [0.25, 0.3) is 0 Å². The monoisotopic (exact) mass is 348 g/mol. The number of nitrogens with one attached hydrogen (secondary N) is 1. The highest BCUT2D eigenvalue weighted by Gasteiger charge is 2.51. The van der Waals surface area contributed by atoms with Crippen LogP contribution in [0.3, 0.4) is 0 Å². The molecule has 0 heterocycles. The highest BCUT2D eigenvalue weighted by Crippen LogP contribution is 2.49. The Hall–Kier alpha value is -2.34. The zero-order chi connectivity index (χ0) is 18.1. The van der Waals surface area contributed by atoms with Gasteiger partial charge in [-0.05, 0) is 30.0 Å². The van der Waals surface area contributed by atoms with Gasteiger partial charge in [-0.15, -0.1) is 0 Å². The van der Waals surface area contributed by atoms with Crippen LogP contribution in [0, 0.1) is 0 Å². The topological polar surface area (TPSA) is 55.1 Å². The lowest BCUT2D eigenvalue weighted by Crippen LogP contribution is -2.39. The number of amides is 1. The van der Waals surface area contributed by atoms with Crippen molar-refractivity contribution in [3.05, 3.63) is 71.3 Å². The first-order chi connectivity index (χ1) is 11.8. The van der Waals surface area contributed by atoms with Gasteiger partial charge in [-0.25, -0.2) is 0 Å². The highest BCUT2D eigenvalue weighted by atomic mass is 19.4. The Balaban J connectivity index is 1.70. The van der Waals surface area contributed by atoms with Crippen molar-refractivity contribution in [1.29, 1.82) is 0 Å². The van der Waals surface area contributed by atoms with Crippen LogP contribution in [-0.2, 0) is 16.4 Å². The number of carbonyl (C=O) groups is 1. The van der Waals surface area contributed by atoms with Crippen LogP contribution in [-0.4, -0.2) is 12.5 Å². The van der Waals surface area contributed by atoms with Gasteiger partial charge >= 0.3 is 6.18 Å². The first-order valence-corrected chi connectivity index (χ1v) is 8.09. The SMILES string of the molecule is NC(CNC(=O)C1(c2cccc(C(F)(F)F)c2)CC1)c1ccccc1. The second-order valence-corrected chi connectivity index (χ2v) is 6.39. The average Bonchev–Trinajstić information content (AvgIpc) is 3.41. The van der Waals surface area contributed by atoms with Crippen molar-refractivity contribution in [3.8, 4) is 0 Å². The predicted octanol–water partition coefficient (Wildman–Crippen LogP) is 3.55. The van der Waals surface area contributed by atoms with Gasteiger partial charge in [-0.3, -0.25) is 4.79 Å². The Morgan fingerprint density at radius 3 is 2.40 bits per heavy atom. The number of carbonyl (C=O) groups excluding carboxylic acids is 1. The first-order valence-electron chi connectivity index (χ1n) is 8.09. The van der Waals surface area contributed by atoms with Gasteiger partial charge in [0, 0.05) is 12.6 Å². The minimum Gasteiger partial charge on any atom is -0.353 e. The van der Waals surface area contributed by atoms with E-state index in [-0.39, 0.29) is 18.5 Å². The molecule has 2 aromatic rings. The van der Waals surface area contributed by atoms with E-state index in [4.69, 9.17) is 5.73 Å². The fourth-order valence-electron chi connectivity index (χ4n) is 2.95. The van der Waals surface area contributed by atoms with Crippen molar-refractivity contribution in [2.24, 2.45) is 5.73 Å². The van der Waals surface area contributed by atoms with E-state index in [1.54, 1.807) is 6.07 Å². The number of hydrogen-bond donors (Lipinski definition) is 2. The van der Waals surface area contributed by atoms with E-state index in [0.717, 1.165) is 17.7 Å². The molecule has 0 saturated heterocycles. The fraction of sp³-hybridized carbons (Fsp3) is 0.316. The lowest BCUT2D eigenvalue weighted by Gasteiger charge is -2.19. The third-order valence-electron chi connectivity index (χ3n) is 4.64. The van der Waals surface area contributed by atoms with E-state index < -0.39 is 17.2 Å². The van der Waals surface area contributed by atoms with Gasteiger partial charge < -0.3 is 11.1 Å². The first kappa shape index (κ1) is 17.5. The summed E-state index contributed by atoms with van der Waals surface area (Å²) in [5, 5.41) is 2.80. The number of alkyl halides is 3. The van der Waals surface area contributed by atoms with Crippen LogP contribution in [0.15, 0.2) is 54.6 Å². The van der Waals surface area contributed by atoms with Crippen LogP contribution in [0.5, 0.6) is 0 Å². The summed E-state index contributed by atoms with van der Waals surface area (Å²) in [5.74, 6) is -0.266. The lowest BCUT2D eigenvalue weighted by molar-refractivity contribution is -0.137. The zero-order valence-electron chi connectivity index (χ0n) is 13.5. The molecule has 1 saturated carbocycles. The van der Waals surface area contributed by atoms with Gasteiger partial charge in [0.1, 0.15) is 0 Å². The van der Waals surface area contributed by atoms with Crippen LogP contribution >= 0.6 is 0 Å². The molecule has 1 aliphatic carbocycles. The molecule has 2 aromatic carbocycles. The molecule has 3 nitrogen and oxygen atoms in total. The van der Waals surface area contributed by atoms with E-state index in [2.05, 4.69) is 5.32 Å². The molecule has 3 rings (SSSR count). The summed E-state index contributed by atoms with van der Waals surface area (Å²) in [7, 11) is 0. The third kappa shape index (κ3) is 3.69. The Kier molecular flexibility index (Phi) is 4.56. The molecule has 132 valence electrons. The van der Waals surface area contributed by atoms with Gasteiger partial charge in [0.15, 0.2) is 0 Å². The Morgan fingerprint density at radius 2 is 1.80 bits per heavy atom. The molecule has 0 radical (unpaired) electrons. The van der Waals surface area contributed by atoms with Crippen molar-refractivity contribution in [3.63, 3.8) is 0 Å². The van der Waals surface area contributed by atoms with Crippen molar-refractivity contribution >= 4 is 5.91 Å². The molecule has 0 bridgehead atoms. The fourth-order valence-corrected chi connectivity index (χ4v) is 2.95. The standard InChI is InChI=1S/C19H19F3N2O/c20-19(21,22)15-8-4-7-14(11-15)18(9-10-18)17(25)24-12-16(23)13-5-2-1-3-6-13/h1-8,11,16H,9-10,12,23H2,(H,24,25). The number of rotatable bonds is 5. The summed E-state index contributed by atoms with van der Waals surface area (Å²) < 4.78 is 38.7. The summed E-state index contributed by atoms with van der Waals surface area (Å²) in [4.78, 5) is 12.6. The maximum absolute atomic E-state index is 12.9. The van der Waals surface area contributed by atoms with Crippen molar-refractivity contribution < 1.29 is 18.0 Å². The number of nitrogens with two attached hydrogens (primary N) is 1. The quantitative estimate of drug-likeness (QED) is 0.868. The van der Waals surface area contributed by atoms with E-state index in [9.17, 15) is 18.0 Å². The summed E-state index contributed by atoms with van der Waals surface area (Å²) >= 11 is 0. The summed E-state index contributed by atoms with van der Waals surface area (Å²) in [6.45, 7) is 0.240. The Bertz CT molecular complexity index is 755. The molecule has 0 aliphatic heterocycles. The Labute approximate surface area is 144 Å². The third-order valence-corrected chi connectivity index (χ3v) is 4.64. The van der Waals surface area contributed by atoms with Crippen molar-refractivity contribution in [1.82, 2.24) is 5.32 Å². The molecule has 1 amide bonds. The second-order valence-electron chi connectivity index (χ2n) is 6.39. The average molecular weight is 348 g/mol. The lowest BCUT2D eigenvalue weighted by atomic mass is 9.93. The minimum absolute atomic E-state index is 0.240. The van der Waals surface area contributed by atoms with Crippen LogP contribution < -0.4 is 11.1 Å². The maximum Gasteiger partial charge on any atom is 0.416 e. The number of benzene rings is 2. The Morgan fingerprint density at radius 1 is 1.12 bits per heavy atom. The van der Waals surface area contributed by atoms with Crippen LogP contribution in [0.2, 0.25) is 0 Å². The zero-order valence-corrected chi connectivity index (χ0v) is 13.5. The van der Waals surface area contributed by atoms with Crippen LogP contribution in [0.1, 0.15) is 35.6 Å². The summed E-state index contributed by atoms with van der Waals surface area (Å²) in [5.41, 5.74) is 5.77. The molecular formula is C19H19F3N2O. The number of hydrogen-bond acceptors (Lipinski definition) is 2. The summed E-state index contributed by atoms with van der Waals surface area (Å²) in [6, 6.07) is 14.0. The molecule has 6 heteroatoms. The second kappa shape index (κ2) is 6.52. The molecule has 1 atom stereocenters. The molecular weight excluding hydrogens is 329 g/mol. The largest absolute Gasteiger partial charge is 0.416 e. The van der Waals surface area contributed by atoms with Crippen molar-refractivity contribution in [2.75, 3.05) is 6.54 Å². The molecule has 0 aromatic heterocycles. The van der Waals surface area contributed by atoms with E-state index in [0.29, 0.717) is 18.4 Å². The molecule has 0 spiro atoms. The van der Waals surface area contributed by atoms with Crippen LogP contribution in [0.4, 0.5) is 13.2 Å². The van der Waals surface area contributed by atoms with Gasteiger partial charge in [0.05, 0.1) is 11.0 Å². The van der Waals surface area contributed by atoms with Gasteiger partial charge in [0.2, 0.25) is 5.91 Å². The van der Waals surface area contributed by atoms with Gasteiger partial charge in [-0.1, -0.05) is 48.5 Å². The van der Waals surface area contributed by atoms with Gasteiger partial charge in [0.25, 0.3) is 0 Å². The number of halogens is 3. The molecule has 25 heavy (non-hydrogen) atoms. The maximum atomic E-state index is 12.9. The normalized spacial score (nSPS) is 17.0. The molecule has 1 unspecified atom stereocenters. The van der Waals surface area contributed by atoms with E-state index in [1.807, 2.05) is 30.3 Å². The smallest absolute Gasteiger partial charge is 0.353 e. The molecule has 1 fully saturated rings. The van der Waals surface area contributed by atoms with Crippen molar-refractivity contribution in [2.45, 2.75) is 30.5 Å². The molecule has 1 aliphatic rings. The summed E-state index contributed by atoms with van der Waals surface area (Å²) in [6.07, 6.45) is -3.33. The predicted molar refractivity (Wildman–Crippen MR) is 88.7 cm³/mol.